The fourth-order valence-electron chi connectivity index (χ4n) is 2.44. The Balaban J connectivity index is 0.00000256. The van der Waals surface area contributed by atoms with Gasteiger partial charge < -0.3 is 10.2 Å². The summed E-state index contributed by atoms with van der Waals surface area (Å²) in [5.74, 6) is 0. The highest BCUT2D eigenvalue weighted by molar-refractivity contribution is 5.85. The van der Waals surface area contributed by atoms with E-state index < -0.39 is 0 Å². The minimum atomic E-state index is 0. The molecule has 0 saturated carbocycles. The summed E-state index contributed by atoms with van der Waals surface area (Å²) in [6.45, 7) is 14.2. The van der Waals surface area contributed by atoms with Crippen molar-refractivity contribution in [2.24, 2.45) is 5.41 Å². The van der Waals surface area contributed by atoms with Gasteiger partial charge in [-0.15, -0.1) is 12.4 Å². The molecule has 1 N–H and O–H groups in total. The largest absolute Gasteiger partial charge is 0.317 e. The molecular formula is C14H31ClN2. The molecule has 0 aromatic heterocycles. The van der Waals surface area contributed by atoms with Gasteiger partial charge in [0, 0.05) is 6.04 Å². The lowest BCUT2D eigenvalue weighted by atomic mass is 9.91. The second kappa shape index (κ2) is 8.34. The summed E-state index contributed by atoms with van der Waals surface area (Å²) in [6, 6.07) is 0.822. The van der Waals surface area contributed by atoms with E-state index in [1.54, 1.807) is 0 Å². The maximum atomic E-state index is 3.50. The normalized spacial score (nSPS) is 22.1. The zero-order valence-corrected chi connectivity index (χ0v) is 12.9. The van der Waals surface area contributed by atoms with Gasteiger partial charge in [0.05, 0.1) is 0 Å². The molecule has 1 atom stereocenters. The molecule has 17 heavy (non-hydrogen) atoms. The minimum absolute atomic E-state index is 0. The van der Waals surface area contributed by atoms with Crippen LogP contribution in [0, 0.1) is 5.41 Å². The molecular weight excluding hydrogens is 232 g/mol. The SMILES string of the molecule is CCN(CCC(C)(C)C)C1CCCNCC1.Cl. The molecule has 0 spiro atoms. The predicted molar refractivity (Wildman–Crippen MR) is 79.1 cm³/mol. The van der Waals surface area contributed by atoms with Crippen molar-refractivity contribution in [2.75, 3.05) is 26.2 Å². The lowest BCUT2D eigenvalue weighted by Gasteiger charge is -2.32. The number of rotatable bonds is 4. The minimum Gasteiger partial charge on any atom is -0.317 e. The van der Waals surface area contributed by atoms with E-state index in [4.69, 9.17) is 0 Å². The Morgan fingerprint density at radius 3 is 2.47 bits per heavy atom. The van der Waals surface area contributed by atoms with Gasteiger partial charge >= 0.3 is 0 Å². The number of nitrogens with zero attached hydrogens (tertiary/aromatic N) is 1. The van der Waals surface area contributed by atoms with E-state index in [9.17, 15) is 0 Å². The van der Waals surface area contributed by atoms with E-state index in [0.29, 0.717) is 5.41 Å². The summed E-state index contributed by atoms with van der Waals surface area (Å²) in [7, 11) is 0. The highest BCUT2D eigenvalue weighted by Gasteiger charge is 2.20. The van der Waals surface area contributed by atoms with Crippen LogP contribution in [-0.4, -0.2) is 37.1 Å². The molecule has 1 aliphatic rings. The Kier molecular flexibility index (Phi) is 8.44. The number of nitrogens with one attached hydrogen (secondary N) is 1. The molecule has 104 valence electrons. The molecule has 0 radical (unpaired) electrons. The monoisotopic (exact) mass is 262 g/mol. The molecule has 1 saturated heterocycles. The van der Waals surface area contributed by atoms with Crippen molar-refractivity contribution in [1.82, 2.24) is 10.2 Å². The smallest absolute Gasteiger partial charge is 0.0108 e. The Hall–Kier alpha value is 0.210. The first kappa shape index (κ1) is 17.2. The van der Waals surface area contributed by atoms with E-state index >= 15 is 0 Å². The Bertz CT molecular complexity index is 181. The van der Waals surface area contributed by atoms with Crippen molar-refractivity contribution in [2.45, 2.75) is 59.4 Å². The first-order valence-corrected chi connectivity index (χ1v) is 6.97. The topological polar surface area (TPSA) is 15.3 Å². The molecule has 0 aromatic rings. The molecule has 0 aromatic carbocycles. The Morgan fingerprint density at radius 1 is 1.18 bits per heavy atom. The van der Waals surface area contributed by atoms with Crippen LogP contribution in [0.2, 0.25) is 0 Å². The zero-order chi connectivity index (χ0) is 12.0. The second-order valence-corrected chi connectivity index (χ2v) is 6.27. The van der Waals surface area contributed by atoms with Gasteiger partial charge in [0.25, 0.3) is 0 Å². The predicted octanol–water partition coefficient (Wildman–Crippen LogP) is 3.31. The molecule has 1 fully saturated rings. The molecule has 0 bridgehead atoms. The van der Waals surface area contributed by atoms with Crippen LogP contribution in [0.4, 0.5) is 0 Å². The van der Waals surface area contributed by atoms with Crippen LogP contribution >= 0.6 is 12.4 Å². The Labute approximate surface area is 114 Å². The summed E-state index contributed by atoms with van der Waals surface area (Å²) >= 11 is 0. The number of hydrogen-bond acceptors (Lipinski definition) is 2. The average molecular weight is 263 g/mol. The van der Waals surface area contributed by atoms with Crippen molar-refractivity contribution in [1.29, 1.82) is 0 Å². The summed E-state index contributed by atoms with van der Waals surface area (Å²) in [4.78, 5) is 2.69. The van der Waals surface area contributed by atoms with Crippen LogP contribution < -0.4 is 5.32 Å². The van der Waals surface area contributed by atoms with Gasteiger partial charge in [-0.1, -0.05) is 27.7 Å². The van der Waals surface area contributed by atoms with Crippen molar-refractivity contribution >= 4 is 12.4 Å². The van der Waals surface area contributed by atoms with Crippen molar-refractivity contribution in [3.05, 3.63) is 0 Å². The average Bonchev–Trinajstić information content (AvgIpc) is 2.46. The highest BCUT2D eigenvalue weighted by Crippen LogP contribution is 2.21. The van der Waals surface area contributed by atoms with Gasteiger partial charge in [0.1, 0.15) is 0 Å². The van der Waals surface area contributed by atoms with Gasteiger partial charge in [0.15, 0.2) is 0 Å². The fourth-order valence-corrected chi connectivity index (χ4v) is 2.44. The maximum Gasteiger partial charge on any atom is 0.0108 e. The maximum absolute atomic E-state index is 3.50. The van der Waals surface area contributed by atoms with Crippen molar-refractivity contribution < 1.29 is 0 Å². The summed E-state index contributed by atoms with van der Waals surface area (Å²) in [5, 5.41) is 3.50. The third-order valence-electron chi connectivity index (χ3n) is 3.62. The van der Waals surface area contributed by atoms with E-state index in [1.807, 2.05) is 0 Å². The molecule has 1 rings (SSSR count). The summed E-state index contributed by atoms with van der Waals surface area (Å²) < 4.78 is 0. The molecule has 1 aliphatic heterocycles. The van der Waals surface area contributed by atoms with Crippen LogP contribution in [0.3, 0.4) is 0 Å². The lowest BCUT2D eigenvalue weighted by Crippen LogP contribution is -2.37. The van der Waals surface area contributed by atoms with Gasteiger partial charge in [-0.3, -0.25) is 0 Å². The number of halogens is 1. The van der Waals surface area contributed by atoms with Crippen LogP contribution in [0.5, 0.6) is 0 Å². The van der Waals surface area contributed by atoms with Crippen LogP contribution in [-0.2, 0) is 0 Å². The fraction of sp³-hybridized carbons (Fsp3) is 1.00. The molecule has 0 amide bonds. The van der Waals surface area contributed by atoms with Crippen molar-refractivity contribution in [3.8, 4) is 0 Å². The molecule has 1 unspecified atom stereocenters. The summed E-state index contributed by atoms with van der Waals surface area (Å²) in [5.41, 5.74) is 0.469. The quantitative estimate of drug-likeness (QED) is 0.836. The zero-order valence-electron chi connectivity index (χ0n) is 12.1. The Morgan fingerprint density at radius 2 is 1.88 bits per heavy atom. The molecule has 3 heteroatoms. The third-order valence-corrected chi connectivity index (χ3v) is 3.62. The molecule has 2 nitrogen and oxygen atoms in total. The van der Waals surface area contributed by atoms with E-state index in [0.717, 1.165) is 6.04 Å². The highest BCUT2D eigenvalue weighted by atomic mass is 35.5. The van der Waals surface area contributed by atoms with Gasteiger partial charge in [-0.25, -0.2) is 0 Å². The van der Waals surface area contributed by atoms with E-state index in [-0.39, 0.29) is 12.4 Å². The van der Waals surface area contributed by atoms with Crippen LogP contribution in [0.1, 0.15) is 53.4 Å². The first-order chi connectivity index (χ1) is 7.53. The van der Waals surface area contributed by atoms with E-state index in [1.165, 1.54) is 51.9 Å². The van der Waals surface area contributed by atoms with Crippen LogP contribution in [0.25, 0.3) is 0 Å². The second-order valence-electron chi connectivity index (χ2n) is 6.27. The van der Waals surface area contributed by atoms with E-state index in [2.05, 4.69) is 37.9 Å². The molecule has 1 heterocycles. The molecule has 0 aliphatic carbocycles. The summed E-state index contributed by atoms with van der Waals surface area (Å²) in [6.07, 6.45) is 5.37. The van der Waals surface area contributed by atoms with Gasteiger partial charge in [-0.05, 0) is 57.3 Å². The lowest BCUT2D eigenvalue weighted by molar-refractivity contribution is 0.165. The van der Waals surface area contributed by atoms with Crippen molar-refractivity contribution in [3.63, 3.8) is 0 Å². The first-order valence-electron chi connectivity index (χ1n) is 6.97. The van der Waals surface area contributed by atoms with Crippen LogP contribution in [0.15, 0.2) is 0 Å². The number of hydrogen-bond donors (Lipinski definition) is 1. The van der Waals surface area contributed by atoms with Gasteiger partial charge in [0.2, 0.25) is 0 Å². The third kappa shape index (κ3) is 7.28. The standard InChI is InChI=1S/C14H30N2.ClH/c1-5-16(12-9-14(2,3)4)13-7-6-10-15-11-8-13;/h13,15H,5-12H2,1-4H3;1H. The van der Waals surface area contributed by atoms with Gasteiger partial charge in [-0.2, -0.15) is 0 Å².